The van der Waals surface area contributed by atoms with Crippen molar-refractivity contribution < 1.29 is 22.6 Å². The molecule has 0 unspecified atom stereocenters. The highest BCUT2D eigenvalue weighted by Crippen LogP contribution is 2.45. The first-order valence-electron chi connectivity index (χ1n) is 11.8. The Morgan fingerprint density at radius 3 is 2.28 bits per heavy atom. The second-order valence-corrected chi connectivity index (χ2v) is 11.3. The van der Waals surface area contributed by atoms with Crippen LogP contribution in [0.15, 0.2) is 53.4 Å². The van der Waals surface area contributed by atoms with Crippen molar-refractivity contribution >= 4 is 15.8 Å². The zero-order valence-electron chi connectivity index (χ0n) is 20.9. The molecule has 0 spiro atoms. The Morgan fingerprint density at radius 1 is 1.03 bits per heavy atom. The summed E-state index contributed by atoms with van der Waals surface area (Å²) in [6.07, 6.45) is 1.84. The van der Waals surface area contributed by atoms with Crippen LogP contribution >= 0.6 is 0 Å². The predicted octanol–water partition coefficient (Wildman–Crippen LogP) is 4.59. The van der Waals surface area contributed by atoms with E-state index in [0.717, 1.165) is 18.4 Å². The maximum atomic E-state index is 13.4. The fourth-order valence-electron chi connectivity index (χ4n) is 3.52. The largest absolute Gasteiger partial charge is 0.493 e. The number of para-hydroxylation sites is 2. The summed E-state index contributed by atoms with van der Waals surface area (Å²) in [4.78, 5) is 9.19. The minimum absolute atomic E-state index is 0.00951. The number of sulfonamides is 1. The Balaban J connectivity index is 1.77. The third kappa shape index (κ3) is 5.88. The van der Waals surface area contributed by atoms with Crippen molar-refractivity contribution in [1.29, 1.82) is 0 Å². The van der Waals surface area contributed by atoms with Gasteiger partial charge in [0.05, 0.1) is 12.0 Å². The highest BCUT2D eigenvalue weighted by Gasteiger charge is 2.31. The zero-order chi connectivity index (χ0) is 25.9. The van der Waals surface area contributed by atoms with Gasteiger partial charge in [-0.2, -0.15) is 4.98 Å². The van der Waals surface area contributed by atoms with E-state index < -0.39 is 10.0 Å². The molecule has 1 saturated carbocycles. The number of nitrogens with one attached hydrogen (secondary N) is 1. The molecule has 2 aromatic carbocycles. The molecule has 3 aromatic rings. The van der Waals surface area contributed by atoms with E-state index in [9.17, 15) is 8.42 Å². The molecule has 192 valence electrons. The van der Waals surface area contributed by atoms with Gasteiger partial charge in [0, 0.05) is 12.5 Å². The van der Waals surface area contributed by atoms with Crippen LogP contribution in [-0.2, 0) is 15.4 Å². The second kappa shape index (κ2) is 10.3. The lowest BCUT2D eigenvalue weighted by atomic mass is 9.87. The number of nitrogens with zero attached hydrogens (tertiary/aromatic N) is 2. The number of rotatable bonds is 10. The van der Waals surface area contributed by atoms with Gasteiger partial charge in [0.25, 0.3) is 15.9 Å². The molecule has 0 saturated heterocycles. The van der Waals surface area contributed by atoms with Gasteiger partial charge in [0.1, 0.15) is 12.4 Å². The van der Waals surface area contributed by atoms with Crippen molar-refractivity contribution in [2.24, 2.45) is 5.73 Å². The van der Waals surface area contributed by atoms with Crippen LogP contribution in [0.4, 0.5) is 5.82 Å². The van der Waals surface area contributed by atoms with Crippen molar-refractivity contribution in [1.82, 2.24) is 9.97 Å². The Kier molecular flexibility index (Phi) is 7.37. The molecule has 1 fully saturated rings. The van der Waals surface area contributed by atoms with Crippen LogP contribution in [0.2, 0.25) is 0 Å². The highest BCUT2D eigenvalue weighted by molar-refractivity contribution is 7.92. The van der Waals surface area contributed by atoms with Gasteiger partial charge in [-0.3, -0.25) is 4.72 Å². The summed E-state index contributed by atoms with van der Waals surface area (Å²) >= 11 is 0. The van der Waals surface area contributed by atoms with Crippen molar-refractivity contribution in [2.45, 2.75) is 49.8 Å². The van der Waals surface area contributed by atoms with Gasteiger partial charge in [-0.25, -0.2) is 13.4 Å². The predicted molar refractivity (Wildman–Crippen MR) is 138 cm³/mol. The fraction of sp³-hybridized carbons (Fsp3) is 0.385. The van der Waals surface area contributed by atoms with E-state index in [1.165, 1.54) is 7.11 Å². The second-order valence-electron chi connectivity index (χ2n) is 9.61. The van der Waals surface area contributed by atoms with Crippen LogP contribution in [0.5, 0.6) is 23.1 Å². The summed E-state index contributed by atoms with van der Waals surface area (Å²) in [5.41, 5.74) is 6.57. The van der Waals surface area contributed by atoms with Crippen LogP contribution in [0.3, 0.4) is 0 Å². The maximum Gasteiger partial charge on any atom is 0.263 e. The van der Waals surface area contributed by atoms with Gasteiger partial charge in [0.15, 0.2) is 17.3 Å². The molecule has 1 aromatic heterocycles. The minimum Gasteiger partial charge on any atom is -0.493 e. The highest BCUT2D eigenvalue weighted by atomic mass is 32.2. The lowest BCUT2D eigenvalue weighted by Crippen LogP contribution is -2.18. The van der Waals surface area contributed by atoms with E-state index in [4.69, 9.17) is 19.9 Å². The van der Waals surface area contributed by atoms with Crippen molar-refractivity contribution in [2.75, 3.05) is 25.0 Å². The number of methoxy groups -OCH3 is 1. The lowest BCUT2D eigenvalue weighted by Gasteiger charge is -2.20. The fourth-order valence-corrected chi connectivity index (χ4v) is 4.52. The first kappa shape index (κ1) is 25.7. The van der Waals surface area contributed by atoms with Crippen molar-refractivity contribution in [3.63, 3.8) is 0 Å². The minimum atomic E-state index is -4.00. The van der Waals surface area contributed by atoms with Crippen molar-refractivity contribution in [3.8, 4) is 23.1 Å². The van der Waals surface area contributed by atoms with Gasteiger partial charge < -0.3 is 19.9 Å². The summed E-state index contributed by atoms with van der Waals surface area (Å²) in [7, 11) is -2.48. The van der Waals surface area contributed by atoms with Crippen LogP contribution in [0.25, 0.3) is 0 Å². The molecule has 4 rings (SSSR count). The van der Waals surface area contributed by atoms with E-state index in [1.807, 2.05) is 12.1 Å². The summed E-state index contributed by atoms with van der Waals surface area (Å²) in [6.45, 7) is 6.63. The average molecular weight is 513 g/mol. The summed E-state index contributed by atoms with van der Waals surface area (Å²) in [6, 6.07) is 13.8. The Bertz CT molecular complexity index is 1320. The van der Waals surface area contributed by atoms with Crippen molar-refractivity contribution in [3.05, 3.63) is 59.9 Å². The number of hydrogen-bond acceptors (Lipinski definition) is 8. The Labute approximate surface area is 212 Å². The van der Waals surface area contributed by atoms with E-state index in [0.29, 0.717) is 17.3 Å². The smallest absolute Gasteiger partial charge is 0.263 e. The molecular weight excluding hydrogens is 480 g/mol. The van der Waals surface area contributed by atoms with Crippen LogP contribution in [0, 0.1) is 0 Å². The number of anilines is 1. The molecule has 0 bridgehead atoms. The van der Waals surface area contributed by atoms with Gasteiger partial charge >= 0.3 is 0 Å². The number of ether oxygens (including phenoxy) is 3. The quantitative estimate of drug-likeness (QED) is 0.404. The molecule has 10 heteroatoms. The van der Waals surface area contributed by atoms with Crippen LogP contribution in [-0.4, -0.2) is 38.6 Å². The Morgan fingerprint density at radius 2 is 1.69 bits per heavy atom. The van der Waals surface area contributed by atoms with E-state index in [1.54, 1.807) is 36.4 Å². The average Bonchev–Trinajstić information content (AvgIpc) is 3.69. The zero-order valence-corrected chi connectivity index (χ0v) is 21.8. The molecule has 36 heavy (non-hydrogen) atoms. The first-order chi connectivity index (χ1) is 17.1. The molecule has 1 aliphatic carbocycles. The topological polar surface area (TPSA) is 126 Å². The molecule has 0 radical (unpaired) electrons. The van der Waals surface area contributed by atoms with E-state index >= 15 is 0 Å². The van der Waals surface area contributed by atoms with E-state index in [-0.39, 0.29) is 46.8 Å². The van der Waals surface area contributed by atoms with Crippen LogP contribution in [0.1, 0.15) is 50.9 Å². The monoisotopic (exact) mass is 512 g/mol. The molecule has 1 aliphatic rings. The number of nitrogens with two attached hydrogens (primary N) is 1. The Hall–Kier alpha value is -3.37. The first-order valence-corrected chi connectivity index (χ1v) is 13.3. The van der Waals surface area contributed by atoms with Gasteiger partial charge in [0.2, 0.25) is 5.75 Å². The van der Waals surface area contributed by atoms with Crippen LogP contribution < -0.4 is 24.7 Å². The number of hydrogen-bond donors (Lipinski definition) is 2. The summed E-state index contributed by atoms with van der Waals surface area (Å²) in [5.74, 6) is 1.59. The van der Waals surface area contributed by atoms with Gasteiger partial charge in [-0.05, 0) is 48.1 Å². The SMILES string of the molecule is COc1ccccc1Oc1c(NS(=O)(=O)c2ccc(C(C)(C)C)cc2)nc(C2CC2)nc1OCCN. The molecular formula is C26H32N4O5S. The normalized spacial score (nSPS) is 13.8. The van der Waals surface area contributed by atoms with Gasteiger partial charge in [-0.15, -0.1) is 0 Å². The van der Waals surface area contributed by atoms with Gasteiger partial charge in [-0.1, -0.05) is 45.0 Å². The number of aromatic nitrogens is 2. The van der Waals surface area contributed by atoms with E-state index in [2.05, 4.69) is 35.5 Å². The molecule has 1 heterocycles. The number of benzene rings is 2. The summed E-state index contributed by atoms with van der Waals surface area (Å²) in [5, 5.41) is 0. The molecule has 0 aliphatic heterocycles. The molecule has 0 atom stereocenters. The molecule has 0 amide bonds. The standard InChI is InChI=1S/C26H32N4O5S/c1-26(2,3)18-11-13-19(14-12-18)36(31,32)30-24-22(35-21-8-6-5-7-20(21)33-4)25(34-16-15-27)29-23(28-24)17-9-10-17/h5-8,11-14,17H,9-10,15-16,27H2,1-4H3,(H,28,29,30). The molecule has 3 N–H and O–H groups in total. The third-order valence-electron chi connectivity index (χ3n) is 5.69. The summed E-state index contributed by atoms with van der Waals surface area (Å²) < 4.78 is 46.7. The third-order valence-corrected chi connectivity index (χ3v) is 7.05. The maximum absolute atomic E-state index is 13.4. The lowest BCUT2D eigenvalue weighted by molar-refractivity contribution is 0.294. The molecule has 9 nitrogen and oxygen atoms in total.